The van der Waals surface area contributed by atoms with Crippen LogP contribution < -0.4 is 19.1 Å². The quantitative estimate of drug-likeness (QED) is 0.196. The molecule has 2 N–H and O–H groups in total. The van der Waals surface area contributed by atoms with Crippen molar-refractivity contribution in [3.63, 3.8) is 0 Å². The number of carbonyl (C=O) groups is 1. The molecule has 0 bridgehead atoms. The Labute approximate surface area is 256 Å². The smallest absolute Gasteiger partial charge is 0.264 e. The molecule has 0 spiro atoms. The number of nitrogens with one attached hydrogen (secondary N) is 2. The highest BCUT2D eigenvalue weighted by molar-refractivity contribution is 7.93. The van der Waals surface area contributed by atoms with Crippen molar-refractivity contribution in [1.29, 1.82) is 0 Å². The minimum absolute atomic E-state index is 0.0267. The Bertz CT molecular complexity index is 1950. The average molecular weight is 629 g/mol. The number of rotatable bonds is 11. The number of carbonyl (C=O) groups excluding carboxylic acids is 1. The average Bonchev–Trinajstić information content (AvgIpc) is 3.04. The summed E-state index contributed by atoms with van der Waals surface area (Å²) < 4.78 is 62.3. The number of ether oxygens (including phenoxy) is 1. The van der Waals surface area contributed by atoms with Gasteiger partial charge in [-0.1, -0.05) is 48.5 Å². The molecular weight excluding hydrogens is 601 g/mol. The van der Waals surface area contributed by atoms with E-state index in [1.54, 1.807) is 54.6 Å². The Morgan fingerprint density at radius 2 is 1.39 bits per heavy atom. The van der Waals surface area contributed by atoms with Gasteiger partial charge < -0.3 is 10.1 Å². The standard InChI is InChI=1S/C32H28N4O6S2/c1-42-26-16-20-28(21-17-26)44(40,41)36(23-24-9-3-2-4-10-24)30-12-6-5-11-29(30)32(37)34-25-14-18-27(19-15-25)43(38,39)35-31-13-7-8-22-33-31/h2-22H,23H2,1H3,(H,33,35)(H,34,37). The maximum Gasteiger partial charge on any atom is 0.264 e. The van der Waals surface area contributed by atoms with Crippen molar-refractivity contribution in [2.24, 2.45) is 0 Å². The van der Waals surface area contributed by atoms with Gasteiger partial charge in [0.05, 0.1) is 34.7 Å². The van der Waals surface area contributed by atoms with Crippen LogP contribution in [0, 0.1) is 0 Å². The Kier molecular flexibility index (Phi) is 8.93. The van der Waals surface area contributed by atoms with Crippen LogP contribution in [0.25, 0.3) is 0 Å². The second-order valence-electron chi connectivity index (χ2n) is 9.49. The molecule has 0 saturated carbocycles. The number of hydrogen-bond acceptors (Lipinski definition) is 7. The van der Waals surface area contributed by atoms with E-state index in [1.807, 2.05) is 18.2 Å². The van der Waals surface area contributed by atoms with Crippen molar-refractivity contribution in [3.05, 3.63) is 139 Å². The molecule has 0 atom stereocenters. The molecular formula is C32H28N4O6S2. The lowest BCUT2D eigenvalue weighted by Gasteiger charge is -2.26. The molecule has 0 fully saturated rings. The van der Waals surface area contributed by atoms with Gasteiger partial charge in [-0.15, -0.1) is 0 Å². The SMILES string of the molecule is COc1ccc(S(=O)(=O)N(Cc2ccccc2)c2ccccc2C(=O)Nc2ccc(S(=O)(=O)Nc3ccccn3)cc2)cc1. The summed E-state index contributed by atoms with van der Waals surface area (Å²) in [6.45, 7) is -0.0324. The van der Waals surface area contributed by atoms with E-state index in [9.17, 15) is 21.6 Å². The van der Waals surface area contributed by atoms with Gasteiger partial charge in [0.25, 0.3) is 26.0 Å². The monoisotopic (exact) mass is 628 g/mol. The van der Waals surface area contributed by atoms with E-state index in [1.165, 1.54) is 66.1 Å². The number of nitrogens with zero attached hydrogens (tertiary/aromatic N) is 2. The first-order valence-corrected chi connectivity index (χ1v) is 16.2. The van der Waals surface area contributed by atoms with Crippen LogP contribution in [0.4, 0.5) is 17.2 Å². The number of sulfonamides is 2. The van der Waals surface area contributed by atoms with Crippen molar-refractivity contribution < 1.29 is 26.4 Å². The van der Waals surface area contributed by atoms with E-state index in [0.29, 0.717) is 11.4 Å². The molecule has 1 aromatic heterocycles. The maximum absolute atomic E-state index is 14.0. The molecule has 224 valence electrons. The number of hydrogen-bond donors (Lipinski definition) is 2. The Balaban J connectivity index is 1.44. The number of aromatic nitrogens is 1. The van der Waals surface area contributed by atoms with Gasteiger partial charge >= 0.3 is 0 Å². The van der Waals surface area contributed by atoms with E-state index < -0.39 is 26.0 Å². The van der Waals surface area contributed by atoms with Crippen LogP contribution in [0.15, 0.2) is 137 Å². The van der Waals surface area contributed by atoms with Crippen molar-refractivity contribution in [2.75, 3.05) is 21.5 Å². The Hall–Kier alpha value is -5.20. The second-order valence-corrected chi connectivity index (χ2v) is 13.0. The number of amides is 1. The predicted octanol–water partition coefficient (Wildman–Crippen LogP) is 5.54. The van der Waals surface area contributed by atoms with Gasteiger partial charge in [0, 0.05) is 11.9 Å². The second kappa shape index (κ2) is 13.0. The molecule has 10 nitrogen and oxygen atoms in total. The lowest BCUT2D eigenvalue weighted by molar-refractivity contribution is 0.102. The van der Waals surface area contributed by atoms with Crippen LogP contribution in [0.2, 0.25) is 0 Å². The van der Waals surface area contributed by atoms with Crippen LogP contribution >= 0.6 is 0 Å². The van der Waals surface area contributed by atoms with Gasteiger partial charge in [0.2, 0.25) is 0 Å². The lowest BCUT2D eigenvalue weighted by atomic mass is 10.1. The van der Waals surface area contributed by atoms with Crippen LogP contribution in [0.3, 0.4) is 0 Å². The van der Waals surface area contributed by atoms with E-state index >= 15 is 0 Å². The summed E-state index contributed by atoms with van der Waals surface area (Å²) in [5.41, 5.74) is 1.31. The van der Waals surface area contributed by atoms with E-state index in [4.69, 9.17) is 4.74 Å². The van der Waals surface area contributed by atoms with Gasteiger partial charge in [-0.25, -0.2) is 21.8 Å². The van der Waals surface area contributed by atoms with E-state index in [0.717, 1.165) is 5.56 Å². The third-order valence-corrected chi connectivity index (χ3v) is 9.70. The third kappa shape index (κ3) is 6.88. The van der Waals surface area contributed by atoms with Gasteiger partial charge in [0.1, 0.15) is 11.6 Å². The van der Waals surface area contributed by atoms with Crippen molar-refractivity contribution in [2.45, 2.75) is 16.3 Å². The van der Waals surface area contributed by atoms with Crippen LogP contribution in [-0.4, -0.2) is 34.8 Å². The number of para-hydroxylation sites is 1. The minimum atomic E-state index is -4.13. The molecule has 0 saturated heterocycles. The number of benzene rings is 4. The van der Waals surface area contributed by atoms with Gasteiger partial charge in [-0.3, -0.25) is 13.8 Å². The number of pyridine rings is 1. The molecule has 1 amide bonds. The highest BCUT2D eigenvalue weighted by atomic mass is 32.2. The summed E-state index contributed by atoms with van der Waals surface area (Å²) in [5, 5.41) is 2.75. The fraction of sp³-hybridized carbons (Fsp3) is 0.0625. The fourth-order valence-corrected chi connectivity index (χ4v) is 6.82. The molecule has 5 rings (SSSR count). The molecule has 0 unspecified atom stereocenters. The van der Waals surface area contributed by atoms with Crippen molar-refractivity contribution in [3.8, 4) is 5.75 Å². The molecule has 0 aliphatic carbocycles. The third-order valence-electron chi connectivity index (χ3n) is 6.56. The van der Waals surface area contributed by atoms with Crippen LogP contribution in [0.5, 0.6) is 5.75 Å². The summed E-state index contributed by atoms with van der Waals surface area (Å²) >= 11 is 0. The molecule has 12 heteroatoms. The maximum atomic E-state index is 14.0. The normalized spacial score (nSPS) is 11.4. The van der Waals surface area contributed by atoms with Crippen molar-refractivity contribution >= 4 is 43.1 Å². The predicted molar refractivity (Wildman–Crippen MR) is 169 cm³/mol. The highest BCUT2D eigenvalue weighted by Gasteiger charge is 2.29. The molecule has 0 aliphatic rings. The first-order chi connectivity index (χ1) is 21.2. The summed E-state index contributed by atoms with van der Waals surface area (Å²) in [4.78, 5) is 17.5. The molecule has 44 heavy (non-hydrogen) atoms. The molecule has 0 radical (unpaired) electrons. The fourth-order valence-electron chi connectivity index (χ4n) is 4.34. The molecule has 0 aliphatic heterocycles. The number of methoxy groups -OCH3 is 1. The highest BCUT2D eigenvalue weighted by Crippen LogP contribution is 2.31. The summed E-state index contributed by atoms with van der Waals surface area (Å²) in [7, 11) is -6.56. The summed E-state index contributed by atoms with van der Waals surface area (Å²) in [5.74, 6) is 0.0987. The lowest BCUT2D eigenvalue weighted by Crippen LogP contribution is -2.32. The Morgan fingerprint density at radius 3 is 2.05 bits per heavy atom. The van der Waals surface area contributed by atoms with Gasteiger partial charge in [-0.2, -0.15) is 0 Å². The zero-order valence-electron chi connectivity index (χ0n) is 23.5. The summed E-state index contributed by atoms with van der Waals surface area (Å²) in [6, 6.07) is 31.9. The zero-order valence-corrected chi connectivity index (χ0v) is 25.1. The van der Waals surface area contributed by atoms with E-state index in [-0.39, 0.29) is 33.4 Å². The van der Waals surface area contributed by atoms with Gasteiger partial charge in [0.15, 0.2) is 0 Å². The molecule has 4 aromatic carbocycles. The van der Waals surface area contributed by atoms with Crippen LogP contribution in [-0.2, 0) is 26.6 Å². The molecule has 1 heterocycles. The van der Waals surface area contributed by atoms with Crippen LogP contribution in [0.1, 0.15) is 15.9 Å². The topological polar surface area (TPSA) is 135 Å². The van der Waals surface area contributed by atoms with E-state index in [2.05, 4.69) is 15.0 Å². The van der Waals surface area contributed by atoms with Gasteiger partial charge in [-0.05, 0) is 78.4 Å². The molecule has 5 aromatic rings. The largest absolute Gasteiger partial charge is 0.497 e. The minimum Gasteiger partial charge on any atom is -0.497 e. The Morgan fingerprint density at radius 1 is 0.750 bits per heavy atom. The first-order valence-electron chi connectivity index (χ1n) is 13.3. The van der Waals surface area contributed by atoms with Crippen molar-refractivity contribution in [1.82, 2.24) is 4.98 Å². The zero-order chi connectivity index (χ0) is 31.2. The number of anilines is 3. The first kappa shape index (κ1) is 30.3. The summed E-state index contributed by atoms with van der Waals surface area (Å²) in [6.07, 6.45) is 1.47.